The van der Waals surface area contributed by atoms with Gasteiger partial charge >= 0.3 is 5.69 Å². The van der Waals surface area contributed by atoms with Crippen LogP contribution in [-0.2, 0) is 46.6 Å². The van der Waals surface area contributed by atoms with Crippen LogP contribution in [0.5, 0.6) is 28.7 Å². The summed E-state index contributed by atoms with van der Waals surface area (Å²) in [5.74, 6) is 1.97. The van der Waals surface area contributed by atoms with Crippen molar-refractivity contribution in [1.82, 2.24) is 24.9 Å². The molecule has 0 radical (unpaired) electrons. The van der Waals surface area contributed by atoms with E-state index in [0.29, 0.717) is 77.4 Å². The fraction of sp³-hybridized carbons (Fsp3) is 0.408. The maximum absolute atomic E-state index is 13.9. The number of azo groups is 2. The summed E-state index contributed by atoms with van der Waals surface area (Å²) in [4.78, 5) is 69.2. The Morgan fingerprint density at radius 2 is 1.40 bits per heavy atom. The lowest BCUT2D eigenvalue weighted by atomic mass is 9.80. The molecule has 0 spiro atoms. The normalized spacial score (nSPS) is 16.1. The predicted molar refractivity (Wildman–Crippen MR) is 394 cm³/mol. The van der Waals surface area contributed by atoms with Gasteiger partial charge in [-0.05, 0) is 143 Å². The number of ether oxygens (including phenoxy) is 7. The lowest BCUT2D eigenvalue weighted by molar-refractivity contribution is -0.384. The Kier molecular flexibility index (Phi) is 27.0. The molecule has 1 unspecified atom stereocenters. The van der Waals surface area contributed by atoms with Gasteiger partial charge in [0.05, 0.1) is 83.0 Å². The molecule has 3 aliphatic rings. The van der Waals surface area contributed by atoms with Gasteiger partial charge in [-0.3, -0.25) is 34.0 Å². The first-order valence-electron chi connectivity index (χ1n) is 34.8. The first-order valence-corrected chi connectivity index (χ1v) is 36.0. The minimum absolute atomic E-state index is 0.00356. The first-order chi connectivity index (χ1) is 50.4. The van der Waals surface area contributed by atoms with E-state index in [4.69, 9.17) is 47.3 Å². The van der Waals surface area contributed by atoms with Crippen molar-refractivity contribution in [2.45, 2.75) is 128 Å². The van der Waals surface area contributed by atoms with Gasteiger partial charge in [0.15, 0.2) is 5.75 Å². The van der Waals surface area contributed by atoms with Crippen molar-refractivity contribution >= 4 is 60.5 Å². The number of carbonyl (C=O) groups is 2. The van der Waals surface area contributed by atoms with Gasteiger partial charge < -0.3 is 57.7 Å². The number of methoxy groups -OCH3 is 4. The Morgan fingerprint density at radius 1 is 0.779 bits per heavy atom. The summed E-state index contributed by atoms with van der Waals surface area (Å²) in [5, 5.41) is 44.3. The van der Waals surface area contributed by atoms with E-state index in [0.717, 1.165) is 61.0 Å². The summed E-state index contributed by atoms with van der Waals surface area (Å²) in [6.45, 7) is 10.7. The van der Waals surface area contributed by atoms with Gasteiger partial charge in [0.1, 0.15) is 58.0 Å². The number of aromatic nitrogens is 2. The first kappa shape index (κ1) is 76.4. The number of carbonyl (C=O) groups excluding carboxylic acids is 2. The van der Waals surface area contributed by atoms with Crippen molar-refractivity contribution in [3.8, 4) is 34.8 Å². The summed E-state index contributed by atoms with van der Waals surface area (Å²) in [7, 11) is 4.39. The van der Waals surface area contributed by atoms with E-state index in [9.17, 15) is 34.6 Å². The standard InChI is InChI=1S/C76H89N12O15P/c1-50(2)87(51(3)4)104(101-43-17-37-77)103-67-47-71(102-68(67)49-100-76(54-19-11-9-12-20-54,55-24-32-59(95-5)33-25-55)56-26-34-60(96-6)35-27-56)86-48-53(74(91)80-75(86)92)23-36-70(90)79-39-38-78-69(89)22-13-10-14-42-99-73-61-21-16-41-85-40-15-18-52(72(61)85)44-64(73)84-83-63-46-65(97-7)62(45-66(63)98-8)82-81-57-28-30-58(31-29-57)88(93)94/h9,11-12,19-20,23-36,44-46,48,50-51,67-68,71H,10,13-18,21-22,38-43,47,49H2,1-8H3,(H,78,89)(H,79,90)(H,80,91,92)/t67-,68+,71+,104?/m0/s1. The van der Waals surface area contributed by atoms with E-state index in [-0.39, 0.29) is 74.8 Å². The molecule has 1 fully saturated rings. The van der Waals surface area contributed by atoms with Crippen molar-refractivity contribution in [1.29, 1.82) is 5.26 Å². The number of non-ortho nitro benzene ring substituents is 1. The molecule has 6 aromatic carbocycles. The van der Waals surface area contributed by atoms with Crippen LogP contribution in [0.2, 0.25) is 0 Å². The highest BCUT2D eigenvalue weighted by molar-refractivity contribution is 7.44. The second-order valence-electron chi connectivity index (χ2n) is 25.5. The zero-order chi connectivity index (χ0) is 73.7. The Labute approximate surface area is 605 Å². The van der Waals surface area contributed by atoms with Gasteiger partial charge in [0.2, 0.25) is 11.8 Å². The Bertz CT molecular complexity index is 4280. The summed E-state index contributed by atoms with van der Waals surface area (Å²) in [5.41, 5.74) is 4.80. The molecule has 1 saturated heterocycles. The number of aryl methyl sites for hydroxylation is 1. The Hall–Kier alpha value is -10.2. The van der Waals surface area contributed by atoms with Gasteiger partial charge in [-0.15, -0.1) is 15.3 Å². The zero-order valence-electron chi connectivity index (χ0n) is 59.8. The highest BCUT2D eigenvalue weighted by atomic mass is 31.2. The average molecular weight is 1440 g/mol. The summed E-state index contributed by atoms with van der Waals surface area (Å²) < 4.78 is 60.1. The van der Waals surface area contributed by atoms with E-state index < -0.39 is 54.6 Å². The lowest BCUT2D eigenvalue weighted by Crippen LogP contribution is -2.39. The average Bonchev–Trinajstić information content (AvgIpc) is 0.872. The minimum Gasteiger partial charge on any atom is -0.497 e. The van der Waals surface area contributed by atoms with Gasteiger partial charge in [-0.1, -0.05) is 54.6 Å². The number of nitrogens with one attached hydrogen (secondary N) is 3. The van der Waals surface area contributed by atoms with Crippen molar-refractivity contribution in [3.63, 3.8) is 0 Å². The van der Waals surface area contributed by atoms with Crippen LogP contribution in [-0.4, -0.2) is 130 Å². The second kappa shape index (κ2) is 36.8. The van der Waals surface area contributed by atoms with Crippen LogP contribution in [0.15, 0.2) is 164 Å². The maximum Gasteiger partial charge on any atom is 0.330 e. The monoisotopic (exact) mass is 1440 g/mol. The fourth-order valence-electron chi connectivity index (χ4n) is 13.0. The third kappa shape index (κ3) is 19.0. The highest BCUT2D eigenvalue weighted by Crippen LogP contribution is 2.52. The van der Waals surface area contributed by atoms with Crippen LogP contribution < -0.4 is 50.5 Å². The molecule has 3 aliphatic heterocycles. The summed E-state index contributed by atoms with van der Waals surface area (Å²) in [6, 6.07) is 38.2. The number of nitriles is 1. The van der Waals surface area contributed by atoms with E-state index >= 15 is 0 Å². The Morgan fingerprint density at radius 3 is 2.03 bits per heavy atom. The van der Waals surface area contributed by atoms with Gasteiger partial charge in [-0.25, -0.2) is 9.46 Å². The number of H-pyrrole nitrogens is 1. The number of unbranched alkanes of at least 4 members (excludes halogenated alkanes) is 2. The molecule has 7 aromatic rings. The number of aromatic amines is 1. The van der Waals surface area contributed by atoms with E-state index in [1.165, 1.54) is 72.7 Å². The molecule has 548 valence electrons. The van der Waals surface area contributed by atoms with Gasteiger partial charge in [0.25, 0.3) is 19.8 Å². The predicted octanol–water partition coefficient (Wildman–Crippen LogP) is 13.9. The molecule has 0 bridgehead atoms. The number of nitro benzene ring substituents is 1. The number of nitro groups is 1. The lowest BCUT2D eigenvalue weighted by Gasteiger charge is -2.39. The van der Waals surface area contributed by atoms with E-state index in [1.807, 2.05) is 107 Å². The topological polar surface area (TPSA) is 319 Å². The molecular weight excluding hydrogens is 1350 g/mol. The molecule has 2 amide bonds. The van der Waals surface area contributed by atoms with Crippen LogP contribution in [0.3, 0.4) is 0 Å². The molecule has 4 heterocycles. The minimum atomic E-state index is -1.82. The number of amides is 2. The number of hydrogen-bond donors (Lipinski definition) is 3. The largest absolute Gasteiger partial charge is 0.497 e. The molecule has 0 aliphatic carbocycles. The third-order valence-electron chi connectivity index (χ3n) is 18.0. The van der Waals surface area contributed by atoms with Crippen molar-refractivity contribution in [2.75, 3.05) is 79.3 Å². The van der Waals surface area contributed by atoms with Crippen LogP contribution >= 0.6 is 8.53 Å². The van der Waals surface area contributed by atoms with Gasteiger partial charge in [-0.2, -0.15) is 10.4 Å². The summed E-state index contributed by atoms with van der Waals surface area (Å²) in [6.07, 6.45) is 7.35. The van der Waals surface area contributed by atoms with Crippen molar-refractivity contribution < 1.29 is 56.7 Å². The molecular formula is C76H89N12O15P. The number of anilines is 1. The molecule has 3 N–H and O–H groups in total. The number of rotatable bonds is 36. The SMILES string of the molecule is COc1ccc(C(OC[C@H]2O[C@@H](n3cc(C=CC(=O)NCCNC(=O)CCCCCOc4c(N=Nc5cc(OC)c(N=Nc6ccc([N+](=O)[O-])cc6)cc5OC)cc5c6c4CCCN6CCC5)c(=O)[nH]c3=O)C[C@@H]2OP(OCCC#N)N(C(C)C)C(C)C)(c2ccccc2)c2ccc(OC)cc2)cc1. The second-order valence-corrected chi connectivity index (χ2v) is 26.9. The van der Waals surface area contributed by atoms with E-state index in [1.54, 1.807) is 26.4 Å². The number of benzene rings is 6. The van der Waals surface area contributed by atoms with E-state index in [2.05, 4.69) is 52.7 Å². The third-order valence-corrected chi connectivity index (χ3v) is 20.2. The molecule has 27 nitrogen and oxygen atoms in total. The van der Waals surface area contributed by atoms with Crippen LogP contribution in [0.25, 0.3) is 6.08 Å². The molecule has 1 aromatic heterocycles. The molecule has 4 atom stereocenters. The highest BCUT2D eigenvalue weighted by Gasteiger charge is 2.45. The molecule has 10 rings (SSSR count). The summed E-state index contributed by atoms with van der Waals surface area (Å²) >= 11 is 0. The number of hydrogen-bond acceptors (Lipinski definition) is 22. The quantitative estimate of drug-likeness (QED) is 0.00625. The molecule has 28 heteroatoms. The van der Waals surface area contributed by atoms with Crippen LogP contribution in [0, 0.1) is 21.4 Å². The van der Waals surface area contributed by atoms with Crippen LogP contribution in [0.4, 0.5) is 34.1 Å². The number of nitrogens with zero attached hydrogens (tertiary/aromatic N) is 9. The Balaban J connectivity index is 0.761. The molecule has 0 saturated carbocycles. The smallest absolute Gasteiger partial charge is 0.330 e. The maximum atomic E-state index is 13.9. The van der Waals surface area contributed by atoms with Crippen LogP contribution in [0.1, 0.15) is 119 Å². The zero-order valence-corrected chi connectivity index (χ0v) is 60.7. The van der Waals surface area contributed by atoms with Gasteiger partial charge in [0, 0.05) is 98.9 Å². The van der Waals surface area contributed by atoms with Crippen molar-refractivity contribution in [2.24, 2.45) is 20.5 Å². The fourth-order valence-corrected chi connectivity index (χ4v) is 14.8. The van der Waals surface area contributed by atoms with Crippen molar-refractivity contribution in [3.05, 3.63) is 198 Å². The molecule has 104 heavy (non-hydrogen) atoms.